The Kier molecular flexibility index (Phi) is 5.89. The quantitative estimate of drug-likeness (QED) is 0.666. The average molecular weight is 344 g/mol. The van der Waals surface area contributed by atoms with Crippen molar-refractivity contribution in [1.82, 2.24) is 15.1 Å². The molecule has 0 aliphatic carbocycles. The highest BCUT2D eigenvalue weighted by molar-refractivity contribution is 5.98. The van der Waals surface area contributed by atoms with E-state index in [-0.39, 0.29) is 11.4 Å². The zero-order valence-electron chi connectivity index (χ0n) is 13.8. The molecule has 0 radical (unpaired) electrons. The predicted octanol–water partition coefficient (Wildman–Crippen LogP) is 1.34. The Hall–Kier alpha value is -3.16. The summed E-state index contributed by atoms with van der Waals surface area (Å²) in [4.78, 5) is 35.2. The molecule has 8 nitrogen and oxygen atoms in total. The number of carbonyl (C=O) groups excluding carboxylic acids is 2. The number of aromatic nitrogens is 2. The van der Waals surface area contributed by atoms with Gasteiger partial charge in [-0.25, -0.2) is 9.48 Å². The summed E-state index contributed by atoms with van der Waals surface area (Å²) < 4.78 is 1.26. The van der Waals surface area contributed by atoms with Crippen molar-refractivity contribution in [3.05, 3.63) is 47.8 Å². The van der Waals surface area contributed by atoms with Crippen molar-refractivity contribution in [2.75, 3.05) is 0 Å². The predicted molar refractivity (Wildman–Crippen MR) is 90.5 cm³/mol. The van der Waals surface area contributed by atoms with Gasteiger partial charge >= 0.3 is 5.97 Å². The van der Waals surface area contributed by atoms with Crippen LogP contribution in [0.1, 0.15) is 47.2 Å². The summed E-state index contributed by atoms with van der Waals surface area (Å²) in [6.07, 6.45) is 1.80. The molecular formula is C17H20N4O4. The molecule has 4 N–H and O–H groups in total. The van der Waals surface area contributed by atoms with Gasteiger partial charge in [-0.3, -0.25) is 9.59 Å². The van der Waals surface area contributed by atoms with Crippen LogP contribution in [0.3, 0.4) is 0 Å². The number of carboxylic acids is 1. The molecule has 0 aliphatic heterocycles. The van der Waals surface area contributed by atoms with E-state index in [2.05, 4.69) is 10.4 Å². The molecule has 0 saturated heterocycles. The molecule has 1 aromatic heterocycles. The van der Waals surface area contributed by atoms with Gasteiger partial charge in [-0.05, 0) is 18.6 Å². The van der Waals surface area contributed by atoms with Crippen LogP contribution in [-0.2, 0) is 4.79 Å². The van der Waals surface area contributed by atoms with Crippen LogP contribution in [0, 0.1) is 0 Å². The van der Waals surface area contributed by atoms with Crippen LogP contribution in [0.4, 0.5) is 0 Å². The third-order valence-electron chi connectivity index (χ3n) is 3.64. The van der Waals surface area contributed by atoms with Gasteiger partial charge in [0.25, 0.3) is 11.8 Å². The van der Waals surface area contributed by atoms with Crippen LogP contribution in [0.2, 0.25) is 0 Å². The minimum Gasteiger partial charge on any atom is -0.480 e. The average Bonchev–Trinajstić information content (AvgIpc) is 3.04. The topological polar surface area (TPSA) is 127 Å². The molecule has 132 valence electrons. The van der Waals surface area contributed by atoms with Crippen molar-refractivity contribution < 1.29 is 19.5 Å². The van der Waals surface area contributed by atoms with Gasteiger partial charge in [-0.2, -0.15) is 5.10 Å². The second kappa shape index (κ2) is 8.09. The number of nitrogens with zero attached hydrogens (tertiary/aromatic N) is 2. The molecule has 0 saturated carbocycles. The maximum Gasteiger partial charge on any atom is 0.326 e. The first-order valence-electron chi connectivity index (χ1n) is 7.93. The number of rotatable bonds is 8. The fourth-order valence-electron chi connectivity index (χ4n) is 2.33. The number of nitrogens with one attached hydrogen (secondary N) is 1. The Balaban J connectivity index is 2.28. The maximum absolute atomic E-state index is 12.3. The molecule has 0 bridgehead atoms. The number of primary amides is 1. The molecular weight excluding hydrogens is 324 g/mol. The van der Waals surface area contributed by atoms with E-state index in [1.165, 1.54) is 10.7 Å². The summed E-state index contributed by atoms with van der Waals surface area (Å²) in [7, 11) is 0. The Morgan fingerprint density at radius 3 is 2.52 bits per heavy atom. The van der Waals surface area contributed by atoms with Gasteiger partial charge in [0.2, 0.25) is 0 Å². The van der Waals surface area contributed by atoms with E-state index in [1.54, 1.807) is 30.3 Å². The highest BCUT2D eigenvalue weighted by Crippen LogP contribution is 2.13. The maximum atomic E-state index is 12.3. The lowest BCUT2D eigenvalue weighted by Gasteiger charge is -2.12. The lowest BCUT2D eigenvalue weighted by atomic mass is 10.1. The van der Waals surface area contributed by atoms with E-state index < -0.39 is 23.8 Å². The lowest BCUT2D eigenvalue weighted by Crippen LogP contribution is -2.40. The second-order valence-corrected chi connectivity index (χ2v) is 5.53. The number of hydrogen-bond acceptors (Lipinski definition) is 4. The molecule has 1 unspecified atom stereocenters. The molecule has 25 heavy (non-hydrogen) atoms. The first kappa shape index (κ1) is 18.2. The van der Waals surface area contributed by atoms with Crippen molar-refractivity contribution in [3.63, 3.8) is 0 Å². The number of aliphatic carboxylic acids is 1. The smallest absolute Gasteiger partial charge is 0.326 e. The summed E-state index contributed by atoms with van der Waals surface area (Å²) in [5.74, 6) is -2.52. The van der Waals surface area contributed by atoms with Crippen LogP contribution in [0.5, 0.6) is 0 Å². The van der Waals surface area contributed by atoms with E-state index in [4.69, 9.17) is 5.73 Å². The van der Waals surface area contributed by atoms with Gasteiger partial charge in [-0.1, -0.05) is 38.0 Å². The number of carboxylic acid groups (broad SMARTS) is 1. The van der Waals surface area contributed by atoms with Crippen LogP contribution < -0.4 is 11.1 Å². The fraction of sp³-hybridized carbons (Fsp3) is 0.294. The van der Waals surface area contributed by atoms with Crippen LogP contribution in [0.25, 0.3) is 5.69 Å². The van der Waals surface area contributed by atoms with Crippen LogP contribution >= 0.6 is 0 Å². The number of amides is 2. The number of nitrogens with two attached hydrogens (primary N) is 1. The van der Waals surface area contributed by atoms with Crippen molar-refractivity contribution >= 4 is 17.8 Å². The van der Waals surface area contributed by atoms with E-state index in [0.717, 1.165) is 6.42 Å². The van der Waals surface area contributed by atoms with Gasteiger partial charge < -0.3 is 16.2 Å². The van der Waals surface area contributed by atoms with E-state index in [0.29, 0.717) is 18.5 Å². The number of unbranched alkanes of at least 4 members (excludes halogenated alkanes) is 1. The van der Waals surface area contributed by atoms with E-state index >= 15 is 0 Å². The normalized spacial score (nSPS) is 11.7. The Labute approximate surface area is 144 Å². The van der Waals surface area contributed by atoms with Crippen LogP contribution in [0.15, 0.2) is 36.4 Å². The molecule has 2 rings (SSSR count). The number of para-hydroxylation sites is 1. The largest absolute Gasteiger partial charge is 0.480 e. The summed E-state index contributed by atoms with van der Waals surface area (Å²) in [6.45, 7) is 1.93. The van der Waals surface area contributed by atoms with Crippen molar-refractivity contribution in [1.29, 1.82) is 0 Å². The molecule has 1 atom stereocenters. The molecule has 1 aromatic carbocycles. The third kappa shape index (κ3) is 4.43. The minimum absolute atomic E-state index is 0.0387. The fourth-order valence-corrected chi connectivity index (χ4v) is 2.33. The summed E-state index contributed by atoms with van der Waals surface area (Å²) in [6, 6.07) is 8.98. The number of benzene rings is 1. The molecule has 2 amide bonds. The second-order valence-electron chi connectivity index (χ2n) is 5.53. The molecule has 8 heteroatoms. The van der Waals surface area contributed by atoms with E-state index in [9.17, 15) is 19.5 Å². The Morgan fingerprint density at radius 1 is 1.28 bits per heavy atom. The molecule has 0 fully saturated rings. The van der Waals surface area contributed by atoms with E-state index in [1.807, 2.05) is 6.92 Å². The standard InChI is InChI=1S/C17H20N4O4/c1-2-3-9-12(17(24)25)19-16(23)13-10-14(15(18)22)21(20-13)11-7-5-4-6-8-11/h4-8,10,12H,2-3,9H2,1H3,(H2,18,22)(H,19,23)(H,24,25). The summed E-state index contributed by atoms with van der Waals surface area (Å²) in [5.41, 5.74) is 5.89. The minimum atomic E-state index is -1.11. The third-order valence-corrected chi connectivity index (χ3v) is 3.64. The van der Waals surface area contributed by atoms with Gasteiger partial charge in [0.15, 0.2) is 5.69 Å². The Morgan fingerprint density at radius 2 is 1.96 bits per heavy atom. The van der Waals surface area contributed by atoms with Crippen LogP contribution in [-0.4, -0.2) is 38.7 Å². The molecule has 2 aromatic rings. The molecule has 0 aliphatic rings. The van der Waals surface area contributed by atoms with Crippen molar-refractivity contribution in [3.8, 4) is 5.69 Å². The van der Waals surface area contributed by atoms with Crippen molar-refractivity contribution in [2.24, 2.45) is 5.73 Å². The van der Waals surface area contributed by atoms with Gasteiger partial charge in [0.05, 0.1) is 5.69 Å². The summed E-state index contributed by atoms with van der Waals surface area (Å²) in [5, 5.41) is 15.7. The monoisotopic (exact) mass is 344 g/mol. The zero-order valence-corrected chi connectivity index (χ0v) is 13.8. The highest BCUT2D eigenvalue weighted by Gasteiger charge is 2.23. The lowest BCUT2D eigenvalue weighted by molar-refractivity contribution is -0.139. The number of carbonyl (C=O) groups is 3. The van der Waals surface area contributed by atoms with Gasteiger partial charge in [-0.15, -0.1) is 0 Å². The SMILES string of the molecule is CCCCC(NC(=O)c1cc(C(N)=O)n(-c2ccccc2)n1)C(=O)O. The highest BCUT2D eigenvalue weighted by atomic mass is 16.4. The molecule has 1 heterocycles. The first-order valence-corrected chi connectivity index (χ1v) is 7.93. The number of hydrogen-bond donors (Lipinski definition) is 3. The first-order chi connectivity index (χ1) is 11.9. The van der Waals surface area contributed by atoms with Gasteiger partial charge in [0, 0.05) is 6.07 Å². The van der Waals surface area contributed by atoms with Gasteiger partial charge in [0.1, 0.15) is 11.7 Å². The molecule has 0 spiro atoms. The van der Waals surface area contributed by atoms with Crippen molar-refractivity contribution in [2.45, 2.75) is 32.2 Å². The zero-order chi connectivity index (χ0) is 18.4. The Bertz CT molecular complexity index is 770. The summed E-state index contributed by atoms with van der Waals surface area (Å²) >= 11 is 0.